The first-order valence-corrected chi connectivity index (χ1v) is 4.27. The van der Waals surface area contributed by atoms with Gasteiger partial charge in [0.15, 0.2) is 0 Å². The topological polar surface area (TPSA) is 116 Å². The van der Waals surface area contributed by atoms with E-state index in [9.17, 15) is 14.9 Å². The van der Waals surface area contributed by atoms with Crippen LogP contribution in [0.15, 0.2) is 24.4 Å². The molecule has 0 atom stereocenters. The van der Waals surface area contributed by atoms with E-state index in [1.165, 1.54) is 10.6 Å². The van der Waals surface area contributed by atoms with Crippen molar-refractivity contribution in [1.82, 2.24) is 14.8 Å². The van der Waals surface area contributed by atoms with Gasteiger partial charge in [-0.3, -0.25) is 10.2 Å². The third-order valence-corrected chi connectivity index (χ3v) is 2.02. The van der Waals surface area contributed by atoms with Gasteiger partial charge in [0.2, 0.25) is 11.3 Å². The highest BCUT2D eigenvalue weighted by molar-refractivity contribution is 5.96. The fraction of sp³-hybridized carbons (Fsp3) is 0. The van der Waals surface area contributed by atoms with Crippen LogP contribution in [0.5, 0.6) is 0 Å². The number of nitrogen functional groups attached to an aromatic ring is 1. The van der Waals surface area contributed by atoms with Crippen LogP contribution in [-0.2, 0) is 0 Å². The van der Waals surface area contributed by atoms with Crippen LogP contribution in [0.4, 0.5) is 5.82 Å². The maximum absolute atomic E-state index is 11.3. The molecule has 0 unspecified atom stereocenters. The molecule has 82 valence electrons. The third kappa shape index (κ3) is 1.37. The molecule has 0 aliphatic heterocycles. The molecule has 0 aliphatic carbocycles. The van der Waals surface area contributed by atoms with Crippen LogP contribution in [0.1, 0.15) is 10.5 Å². The first-order chi connectivity index (χ1) is 7.65. The Labute approximate surface area is 88.8 Å². The van der Waals surface area contributed by atoms with Gasteiger partial charge in [-0.15, -0.1) is 0 Å². The number of carbonyl (C=O) groups is 1. The quantitative estimate of drug-likeness (QED) is 0.316. The number of hydrogen-bond donors (Lipinski definition) is 2. The maximum atomic E-state index is 11.3. The molecular weight excluding hydrogens is 214 g/mol. The lowest BCUT2D eigenvalue weighted by Gasteiger charge is -1.96. The van der Waals surface area contributed by atoms with Crippen molar-refractivity contribution in [3.05, 3.63) is 40.2 Å². The Bertz CT molecular complexity index is 576. The molecule has 0 saturated heterocycles. The minimum atomic E-state index is -0.796. The van der Waals surface area contributed by atoms with Gasteiger partial charge in [0.05, 0.1) is 6.20 Å². The zero-order valence-electron chi connectivity index (χ0n) is 7.95. The molecule has 0 radical (unpaired) electrons. The summed E-state index contributed by atoms with van der Waals surface area (Å²) >= 11 is 0. The maximum Gasteiger partial charge on any atom is 0.361 e. The summed E-state index contributed by atoms with van der Waals surface area (Å²) in [5, 5.41) is 10.8. The van der Waals surface area contributed by atoms with Crippen LogP contribution in [0, 0.1) is 10.1 Å². The lowest BCUT2D eigenvalue weighted by Crippen LogP contribution is -2.30. The Morgan fingerprint density at radius 2 is 2.31 bits per heavy atom. The molecule has 0 fully saturated rings. The Hall–Kier alpha value is -2.48. The van der Waals surface area contributed by atoms with Crippen molar-refractivity contribution in [3.8, 4) is 0 Å². The van der Waals surface area contributed by atoms with Gasteiger partial charge in [0.25, 0.3) is 5.91 Å². The van der Waals surface area contributed by atoms with Crippen molar-refractivity contribution in [3.63, 3.8) is 0 Å². The number of nitrogens with zero attached hydrogens (tertiary/aromatic N) is 3. The zero-order chi connectivity index (χ0) is 11.7. The average Bonchev–Trinajstić information content (AvgIpc) is 2.67. The Morgan fingerprint density at radius 3 is 2.94 bits per heavy atom. The number of pyridine rings is 1. The number of aromatic nitrogens is 2. The molecule has 0 aliphatic rings. The summed E-state index contributed by atoms with van der Waals surface area (Å²) in [7, 11) is 0. The number of imidazole rings is 1. The minimum absolute atomic E-state index is 0.307. The smallest absolute Gasteiger partial charge is 0.358 e. The predicted molar refractivity (Wildman–Crippen MR) is 53.5 cm³/mol. The first-order valence-electron chi connectivity index (χ1n) is 4.27. The number of hydrazine groups is 1. The molecule has 0 aromatic carbocycles. The number of hydrogen-bond acceptors (Lipinski definition) is 5. The molecule has 0 bridgehead atoms. The highest BCUT2D eigenvalue weighted by Gasteiger charge is 2.26. The molecule has 2 rings (SSSR count). The van der Waals surface area contributed by atoms with E-state index < -0.39 is 16.6 Å². The second kappa shape index (κ2) is 3.59. The first kappa shape index (κ1) is 10.1. The normalized spacial score (nSPS) is 10.3. The second-order valence-corrected chi connectivity index (χ2v) is 2.94. The molecule has 2 aromatic heterocycles. The average molecular weight is 221 g/mol. The van der Waals surface area contributed by atoms with Gasteiger partial charge >= 0.3 is 5.82 Å². The minimum Gasteiger partial charge on any atom is -0.358 e. The van der Waals surface area contributed by atoms with Crippen molar-refractivity contribution < 1.29 is 9.72 Å². The summed E-state index contributed by atoms with van der Waals surface area (Å²) in [6, 6.07) is 4.82. The molecule has 8 nitrogen and oxygen atoms in total. The van der Waals surface area contributed by atoms with Gasteiger partial charge in [-0.25, -0.2) is 5.84 Å². The lowest BCUT2D eigenvalue weighted by atomic mass is 10.4. The van der Waals surface area contributed by atoms with E-state index in [1.807, 2.05) is 5.43 Å². The molecule has 0 spiro atoms. The zero-order valence-corrected chi connectivity index (χ0v) is 7.95. The second-order valence-electron chi connectivity index (χ2n) is 2.94. The molecule has 8 heteroatoms. The summed E-state index contributed by atoms with van der Waals surface area (Å²) in [5.41, 5.74) is 1.82. The summed E-state index contributed by atoms with van der Waals surface area (Å²) in [5.74, 6) is 3.72. The molecule has 2 heterocycles. The number of fused-ring (bicyclic) bond motifs is 1. The van der Waals surface area contributed by atoms with Crippen LogP contribution in [0.2, 0.25) is 0 Å². The Morgan fingerprint density at radius 1 is 1.56 bits per heavy atom. The number of nitrogens with one attached hydrogen (secondary N) is 1. The van der Waals surface area contributed by atoms with Crippen LogP contribution in [-0.4, -0.2) is 20.2 Å². The fourth-order valence-electron chi connectivity index (χ4n) is 1.38. The Balaban J connectivity index is 2.78. The van der Waals surface area contributed by atoms with Crippen LogP contribution >= 0.6 is 0 Å². The van der Waals surface area contributed by atoms with Crippen molar-refractivity contribution in [2.45, 2.75) is 0 Å². The van der Waals surface area contributed by atoms with Gasteiger partial charge in [-0.2, -0.15) is 9.38 Å². The molecule has 2 aromatic rings. The number of nitrogens with two attached hydrogens (primary N) is 1. The third-order valence-electron chi connectivity index (χ3n) is 2.02. The van der Waals surface area contributed by atoms with E-state index in [1.54, 1.807) is 18.2 Å². The summed E-state index contributed by atoms with van der Waals surface area (Å²) in [4.78, 5) is 25.3. The largest absolute Gasteiger partial charge is 0.361 e. The van der Waals surface area contributed by atoms with E-state index >= 15 is 0 Å². The number of carbonyl (C=O) groups excluding carboxylic acids is 1. The van der Waals surface area contributed by atoms with E-state index in [2.05, 4.69) is 4.98 Å². The summed E-state index contributed by atoms with van der Waals surface area (Å²) in [6.07, 6.45) is 1.45. The standard InChI is InChI=1S/C8H7N5O3/c9-11-7(14)6-8(13(15)16)12-4-2-1-3-5(12)10-6/h1-4H,9H2,(H,11,14). The van der Waals surface area contributed by atoms with Gasteiger partial charge in [-0.05, 0) is 11.0 Å². The molecular formula is C8H7N5O3. The van der Waals surface area contributed by atoms with Crippen LogP contribution in [0.3, 0.4) is 0 Å². The van der Waals surface area contributed by atoms with Gasteiger partial charge in [0, 0.05) is 6.07 Å². The van der Waals surface area contributed by atoms with Gasteiger partial charge < -0.3 is 10.1 Å². The summed E-state index contributed by atoms with van der Waals surface area (Å²) in [6.45, 7) is 0. The monoisotopic (exact) mass is 221 g/mol. The van der Waals surface area contributed by atoms with E-state index in [0.29, 0.717) is 5.65 Å². The molecule has 16 heavy (non-hydrogen) atoms. The van der Waals surface area contributed by atoms with Crippen molar-refractivity contribution in [2.75, 3.05) is 0 Å². The lowest BCUT2D eigenvalue weighted by molar-refractivity contribution is -0.390. The van der Waals surface area contributed by atoms with Crippen molar-refractivity contribution >= 4 is 17.4 Å². The van der Waals surface area contributed by atoms with Crippen molar-refractivity contribution in [2.24, 2.45) is 5.84 Å². The predicted octanol–water partition coefficient (Wildman–Crippen LogP) is -0.154. The Kier molecular flexibility index (Phi) is 2.25. The molecule has 3 N–H and O–H groups in total. The highest BCUT2D eigenvalue weighted by atomic mass is 16.6. The number of rotatable bonds is 2. The highest BCUT2D eigenvalue weighted by Crippen LogP contribution is 2.19. The fourth-order valence-corrected chi connectivity index (χ4v) is 1.38. The van der Waals surface area contributed by atoms with E-state index in [0.717, 1.165) is 0 Å². The SMILES string of the molecule is NNC(=O)c1nc2ccccn2c1[N+](=O)[O-]. The summed E-state index contributed by atoms with van der Waals surface area (Å²) < 4.78 is 1.21. The van der Waals surface area contributed by atoms with Crippen LogP contribution < -0.4 is 11.3 Å². The van der Waals surface area contributed by atoms with E-state index in [4.69, 9.17) is 5.84 Å². The van der Waals surface area contributed by atoms with Gasteiger partial charge in [-0.1, -0.05) is 6.07 Å². The van der Waals surface area contributed by atoms with Crippen LogP contribution in [0.25, 0.3) is 5.65 Å². The number of nitro groups is 1. The molecule has 0 saturated carbocycles. The number of amides is 1. The molecule has 1 amide bonds. The van der Waals surface area contributed by atoms with Crippen molar-refractivity contribution in [1.29, 1.82) is 0 Å². The van der Waals surface area contributed by atoms with Gasteiger partial charge in [0.1, 0.15) is 0 Å². The van der Waals surface area contributed by atoms with E-state index in [-0.39, 0.29) is 5.69 Å².